The summed E-state index contributed by atoms with van der Waals surface area (Å²) in [4.78, 5) is 12.1. The largest absolute Gasteiger partial charge is 0.486 e. The second-order valence-electron chi connectivity index (χ2n) is 4.40. The highest BCUT2D eigenvalue weighted by molar-refractivity contribution is 9.11. The van der Waals surface area contributed by atoms with E-state index < -0.39 is 0 Å². The fourth-order valence-electron chi connectivity index (χ4n) is 1.93. The Balaban J connectivity index is 2.01. The standard InChI is InChI=1S/C15H11BrO3S/c1-9(17)7-18-10-2-3-13-11(6-10)12(8-19-13)14-4-5-15(16)20-14/h2-6,8H,7H2,1H3. The van der Waals surface area contributed by atoms with E-state index in [0.717, 1.165) is 25.2 Å². The number of carbonyl (C=O) groups is 1. The fraction of sp³-hybridized carbons (Fsp3) is 0.133. The first-order valence-electron chi connectivity index (χ1n) is 6.02. The first kappa shape index (κ1) is 13.4. The Kier molecular flexibility index (Phi) is 3.63. The van der Waals surface area contributed by atoms with Crippen molar-refractivity contribution in [3.05, 3.63) is 40.4 Å². The molecule has 0 aliphatic carbocycles. The van der Waals surface area contributed by atoms with Gasteiger partial charge in [0.1, 0.15) is 24.2 Å². The van der Waals surface area contributed by atoms with Crippen LogP contribution in [-0.4, -0.2) is 12.4 Å². The lowest BCUT2D eigenvalue weighted by Crippen LogP contribution is -2.06. The molecule has 3 aromatic rings. The summed E-state index contributed by atoms with van der Waals surface area (Å²) >= 11 is 5.11. The minimum Gasteiger partial charge on any atom is -0.486 e. The van der Waals surface area contributed by atoms with Gasteiger partial charge in [0.05, 0.1) is 3.79 Å². The smallest absolute Gasteiger partial charge is 0.167 e. The molecule has 0 spiro atoms. The average molecular weight is 351 g/mol. The van der Waals surface area contributed by atoms with Crippen LogP contribution in [0.5, 0.6) is 5.75 Å². The van der Waals surface area contributed by atoms with Crippen LogP contribution in [0.3, 0.4) is 0 Å². The second kappa shape index (κ2) is 5.42. The summed E-state index contributed by atoms with van der Waals surface area (Å²) in [6.45, 7) is 1.59. The van der Waals surface area contributed by atoms with Crippen LogP contribution in [0.1, 0.15) is 6.92 Å². The third-order valence-corrected chi connectivity index (χ3v) is 4.48. The Labute approximate surface area is 128 Å². The highest BCUT2D eigenvalue weighted by atomic mass is 79.9. The van der Waals surface area contributed by atoms with Crippen molar-refractivity contribution < 1.29 is 13.9 Å². The maximum absolute atomic E-state index is 11.0. The van der Waals surface area contributed by atoms with Crippen LogP contribution in [0.4, 0.5) is 0 Å². The third-order valence-electron chi connectivity index (χ3n) is 2.83. The summed E-state index contributed by atoms with van der Waals surface area (Å²) in [6.07, 6.45) is 1.75. The highest BCUT2D eigenvalue weighted by Gasteiger charge is 2.11. The molecule has 20 heavy (non-hydrogen) atoms. The molecule has 0 N–H and O–H groups in total. The van der Waals surface area contributed by atoms with Gasteiger partial charge in [0, 0.05) is 15.8 Å². The van der Waals surface area contributed by atoms with Crippen molar-refractivity contribution in [2.75, 3.05) is 6.61 Å². The molecule has 2 heterocycles. The lowest BCUT2D eigenvalue weighted by Gasteiger charge is -2.03. The minimum absolute atomic E-state index is 0.000276. The normalized spacial score (nSPS) is 10.9. The van der Waals surface area contributed by atoms with Crippen LogP contribution in [-0.2, 0) is 4.79 Å². The molecule has 0 aliphatic rings. The Morgan fingerprint density at radius 2 is 2.20 bits per heavy atom. The molecule has 0 fully saturated rings. The van der Waals surface area contributed by atoms with Crippen molar-refractivity contribution >= 4 is 44.0 Å². The van der Waals surface area contributed by atoms with Crippen LogP contribution >= 0.6 is 27.3 Å². The predicted octanol–water partition coefficient (Wildman–Crippen LogP) is 4.89. The van der Waals surface area contributed by atoms with E-state index in [0.29, 0.717) is 5.75 Å². The van der Waals surface area contributed by atoms with Crippen LogP contribution in [0.2, 0.25) is 0 Å². The lowest BCUT2D eigenvalue weighted by atomic mass is 10.1. The van der Waals surface area contributed by atoms with E-state index in [9.17, 15) is 4.79 Å². The Morgan fingerprint density at radius 3 is 2.90 bits per heavy atom. The van der Waals surface area contributed by atoms with Gasteiger partial charge in [-0.25, -0.2) is 0 Å². The van der Waals surface area contributed by atoms with Crippen LogP contribution in [0, 0.1) is 0 Å². The van der Waals surface area contributed by atoms with Crippen molar-refractivity contribution in [1.82, 2.24) is 0 Å². The number of fused-ring (bicyclic) bond motifs is 1. The number of hydrogen-bond donors (Lipinski definition) is 0. The van der Waals surface area contributed by atoms with Gasteiger partial charge in [-0.1, -0.05) is 0 Å². The van der Waals surface area contributed by atoms with Crippen LogP contribution < -0.4 is 4.74 Å². The second-order valence-corrected chi connectivity index (χ2v) is 6.86. The lowest BCUT2D eigenvalue weighted by molar-refractivity contribution is -0.118. The monoisotopic (exact) mass is 350 g/mol. The first-order valence-corrected chi connectivity index (χ1v) is 7.63. The molecule has 2 aromatic heterocycles. The van der Waals surface area contributed by atoms with Crippen molar-refractivity contribution in [2.24, 2.45) is 0 Å². The maximum Gasteiger partial charge on any atom is 0.167 e. The van der Waals surface area contributed by atoms with E-state index in [1.54, 1.807) is 17.6 Å². The van der Waals surface area contributed by atoms with Gasteiger partial charge in [0.25, 0.3) is 0 Å². The van der Waals surface area contributed by atoms with Gasteiger partial charge in [0.15, 0.2) is 5.78 Å². The molecule has 1 aromatic carbocycles. The van der Waals surface area contributed by atoms with E-state index in [2.05, 4.69) is 15.9 Å². The van der Waals surface area contributed by atoms with Crippen molar-refractivity contribution in [3.63, 3.8) is 0 Å². The minimum atomic E-state index is -0.000276. The highest BCUT2D eigenvalue weighted by Crippen LogP contribution is 2.38. The molecule has 0 saturated carbocycles. The summed E-state index contributed by atoms with van der Waals surface area (Å²) in [7, 11) is 0. The molecule has 3 rings (SSSR count). The number of hydrogen-bond acceptors (Lipinski definition) is 4. The van der Waals surface area contributed by atoms with Gasteiger partial charge in [-0.3, -0.25) is 4.79 Å². The SMILES string of the molecule is CC(=O)COc1ccc2occ(-c3ccc(Br)s3)c2c1. The van der Waals surface area contributed by atoms with Crippen molar-refractivity contribution in [2.45, 2.75) is 6.92 Å². The van der Waals surface area contributed by atoms with E-state index in [-0.39, 0.29) is 12.4 Å². The number of ketones is 1. The van der Waals surface area contributed by atoms with Crippen molar-refractivity contribution in [3.8, 4) is 16.2 Å². The fourth-order valence-corrected chi connectivity index (χ4v) is 3.34. The summed E-state index contributed by atoms with van der Waals surface area (Å²) in [5.41, 5.74) is 1.84. The number of carbonyl (C=O) groups excluding carboxylic acids is 1. The molecule has 0 aliphatic heterocycles. The van der Waals surface area contributed by atoms with Crippen LogP contribution in [0.15, 0.2) is 44.8 Å². The number of Topliss-reactive ketones (excluding diaryl/α,β-unsaturated/α-hetero) is 1. The average Bonchev–Trinajstić information content (AvgIpc) is 3.01. The summed E-state index contributed by atoms with van der Waals surface area (Å²) < 4.78 is 12.1. The van der Waals surface area contributed by atoms with Gasteiger partial charge in [-0.15, -0.1) is 11.3 Å². The quantitative estimate of drug-likeness (QED) is 0.672. The predicted molar refractivity (Wildman–Crippen MR) is 83.4 cm³/mol. The molecular formula is C15H11BrO3S. The molecule has 0 saturated heterocycles. The number of rotatable bonds is 4. The molecule has 102 valence electrons. The van der Waals surface area contributed by atoms with E-state index in [1.807, 2.05) is 30.3 Å². The topological polar surface area (TPSA) is 39.4 Å². The number of halogens is 1. The summed E-state index contributed by atoms with van der Waals surface area (Å²) in [5, 5.41) is 0.986. The van der Waals surface area contributed by atoms with E-state index >= 15 is 0 Å². The molecule has 0 radical (unpaired) electrons. The van der Waals surface area contributed by atoms with Gasteiger partial charge < -0.3 is 9.15 Å². The van der Waals surface area contributed by atoms with Gasteiger partial charge in [-0.05, 0) is 53.2 Å². The van der Waals surface area contributed by atoms with E-state index in [4.69, 9.17) is 9.15 Å². The molecular weight excluding hydrogens is 340 g/mol. The van der Waals surface area contributed by atoms with Gasteiger partial charge in [0.2, 0.25) is 0 Å². The number of benzene rings is 1. The zero-order valence-electron chi connectivity index (χ0n) is 10.7. The summed E-state index contributed by atoms with van der Waals surface area (Å²) in [6, 6.07) is 9.63. The number of ether oxygens (including phenoxy) is 1. The van der Waals surface area contributed by atoms with Crippen molar-refractivity contribution in [1.29, 1.82) is 0 Å². The first-order chi connectivity index (χ1) is 9.63. The number of thiophene rings is 1. The number of furan rings is 1. The van der Waals surface area contributed by atoms with Gasteiger partial charge >= 0.3 is 0 Å². The Bertz CT molecular complexity index is 772. The molecule has 0 bridgehead atoms. The third kappa shape index (κ3) is 2.64. The maximum atomic E-state index is 11.0. The Hall–Kier alpha value is -1.59. The summed E-state index contributed by atoms with van der Waals surface area (Å²) in [5.74, 6) is 0.672. The molecule has 0 amide bonds. The zero-order chi connectivity index (χ0) is 14.1. The molecule has 0 atom stereocenters. The molecule has 5 heteroatoms. The van der Waals surface area contributed by atoms with Crippen LogP contribution in [0.25, 0.3) is 21.4 Å². The van der Waals surface area contributed by atoms with Gasteiger partial charge in [-0.2, -0.15) is 0 Å². The van der Waals surface area contributed by atoms with E-state index in [1.165, 1.54) is 6.92 Å². The zero-order valence-corrected chi connectivity index (χ0v) is 13.1. The Morgan fingerprint density at radius 1 is 1.35 bits per heavy atom. The molecule has 0 unspecified atom stereocenters. The molecule has 3 nitrogen and oxygen atoms in total.